The number of aryl methyl sites for hydroxylation is 1. The fraction of sp³-hybridized carbons (Fsp3) is 0.438. The van der Waals surface area contributed by atoms with Crippen molar-refractivity contribution < 1.29 is 9.76 Å². The van der Waals surface area contributed by atoms with E-state index in [-0.39, 0.29) is 10.6 Å². The number of nitrogens with zero attached hydrogens (tertiary/aromatic N) is 3. The highest BCUT2D eigenvalue weighted by molar-refractivity contribution is 5.37. The molecule has 0 aliphatic carbocycles. The first-order chi connectivity index (χ1) is 10.6. The number of rotatable bonds is 7. The van der Waals surface area contributed by atoms with Crippen LogP contribution in [0.5, 0.6) is 0 Å². The number of nitro groups is 1. The Hall–Kier alpha value is -2.37. The van der Waals surface area contributed by atoms with Crippen molar-refractivity contribution in [3.05, 3.63) is 56.9 Å². The Kier molecular flexibility index (Phi) is 5.14. The van der Waals surface area contributed by atoms with Gasteiger partial charge in [0.1, 0.15) is 6.61 Å². The lowest BCUT2D eigenvalue weighted by molar-refractivity contribution is -0.384. The van der Waals surface area contributed by atoms with E-state index in [4.69, 9.17) is 4.84 Å². The van der Waals surface area contributed by atoms with Crippen LogP contribution in [0.25, 0.3) is 0 Å². The largest absolute Gasteiger partial charge is 0.397 e. The summed E-state index contributed by atoms with van der Waals surface area (Å²) in [7, 11) is 0. The number of aromatic nitrogens is 2. The van der Waals surface area contributed by atoms with Crippen molar-refractivity contribution >= 4 is 5.69 Å². The summed E-state index contributed by atoms with van der Waals surface area (Å²) in [6, 6.07) is 6.67. The molecule has 0 bridgehead atoms. The third kappa shape index (κ3) is 3.44. The van der Waals surface area contributed by atoms with Gasteiger partial charge in [0, 0.05) is 24.1 Å². The van der Waals surface area contributed by atoms with Crippen LogP contribution in [-0.4, -0.2) is 21.5 Å². The summed E-state index contributed by atoms with van der Waals surface area (Å²) in [5.41, 5.74) is 4.31. The van der Waals surface area contributed by atoms with Gasteiger partial charge in [-0.15, -0.1) is 9.94 Å². The molecule has 118 valence electrons. The summed E-state index contributed by atoms with van der Waals surface area (Å²) in [5.74, 6) is 0. The third-order valence-electron chi connectivity index (χ3n) is 3.55. The molecule has 0 spiro atoms. The molecule has 0 fully saturated rings. The van der Waals surface area contributed by atoms with Gasteiger partial charge in [-0.05, 0) is 25.8 Å². The van der Waals surface area contributed by atoms with Gasteiger partial charge >= 0.3 is 0 Å². The standard InChI is InChI=1S/C16H21N3O3/c1-4-6-16-15(12(3)18(17-16)22-5-2)11-13-7-9-14(10-8-13)19(20)21/h7-10H,4-6,11H2,1-3H3. The van der Waals surface area contributed by atoms with Crippen molar-refractivity contribution in [3.8, 4) is 0 Å². The summed E-state index contributed by atoms with van der Waals surface area (Å²) in [5, 5.41) is 15.2. The van der Waals surface area contributed by atoms with E-state index in [1.807, 2.05) is 13.8 Å². The Morgan fingerprint density at radius 3 is 2.50 bits per heavy atom. The van der Waals surface area contributed by atoms with Crippen LogP contribution in [0, 0.1) is 17.0 Å². The van der Waals surface area contributed by atoms with Crippen LogP contribution >= 0.6 is 0 Å². The van der Waals surface area contributed by atoms with Gasteiger partial charge < -0.3 is 4.84 Å². The molecular formula is C16H21N3O3. The van der Waals surface area contributed by atoms with Crippen molar-refractivity contribution in [3.63, 3.8) is 0 Å². The van der Waals surface area contributed by atoms with Gasteiger partial charge in [0.05, 0.1) is 16.3 Å². The molecule has 0 saturated heterocycles. The first-order valence-electron chi connectivity index (χ1n) is 7.50. The lowest BCUT2D eigenvalue weighted by Gasteiger charge is -2.05. The van der Waals surface area contributed by atoms with Gasteiger partial charge in [-0.25, -0.2) is 0 Å². The van der Waals surface area contributed by atoms with Crippen LogP contribution in [0.4, 0.5) is 5.69 Å². The molecule has 6 heteroatoms. The van der Waals surface area contributed by atoms with E-state index in [0.717, 1.165) is 35.4 Å². The second-order valence-corrected chi connectivity index (χ2v) is 5.15. The number of nitro benzene ring substituents is 1. The fourth-order valence-electron chi connectivity index (χ4n) is 2.42. The van der Waals surface area contributed by atoms with E-state index < -0.39 is 0 Å². The molecule has 1 heterocycles. The minimum absolute atomic E-state index is 0.110. The average Bonchev–Trinajstić information content (AvgIpc) is 2.78. The van der Waals surface area contributed by atoms with Crippen molar-refractivity contribution in [2.45, 2.75) is 40.0 Å². The van der Waals surface area contributed by atoms with E-state index in [0.29, 0.717) is 13.0 Å². The van der Waals surface area contributed by atoms with Crippen molar-refractivity contribution in [2.75, 3.05) is 6.61 Å². The molecule has 0 amide bonds. The molecule has 22 heavy (non-hydrogen) atoms. The minimum atomic E-state index is -0.384. The van der Waals surface area contributed by atoms with Gasteiger partial charge in [0.2, 0.25) is 0 Å². The summed E-state index contributed by atoms with van der Waals surface area (Å²) in [6.45, 7) is 6.59. The lowest BCUT2D eigenvalue weighted by Crippen LogP contribution is -2.14. The quantitative estimate of drug-likeness (QED) is 0.582. The summed E-state index contributed by atoms with van der Waals surface area (Å²) >= 11 is 0. The monoisotopic (exact) mass is 303 g/mol. The Morgan fingerprint density at radius 2 is 1.95 bits per heavy atom. The van der Waals surface area contributed by atoms with Crippen molar-refractivity contribution in [1.29, 1.82) is 0 Å². The molecule has 1 aromatic heterocycles. The van der Waals surface area contributed by atoms with Crippen LogP contribution in [0.3, 0.4) is 0 Å². The van der Waals surface area contributed by atoms with Crippen LogP contribution in [0.15, 0.2) is 24.3 Å². The molecule has 0 aliphatic heterocycles. The van der Waals surface area contributed by atoms with E-state index in [1.165, 1.54) is 12.1 Å². The van der Waals surface area contributed by atoms with Crippen molar-refractivity contribution in [1.82, 2.24) is 9.94 Å². The van der Waals surface area contributed by atoms with Crippen LogP contribution < -0.4 is 4.84 Å². The van der Waals surface area contributed by atoms with Gasteiger partial charge in [0.25, 0.3) is 5.69 Å². The van der Waals surface area contributed by atoms with E-state index in [2.05, 4.69) is 12.0 Å². The maximum Gasteiger partial charge on any atom is 0.269 e. The smallest absolute Gasteiger partial charge is 0.269 e. The predicted molar refractivity (Wildman–Crippen MR) is 84.0 cm³/mol. The van der Waals surface area contributed by atoms with Gasteiger partial charge in [-0.2, -0.15) is 0 Å². The molecule has 2 aromatic rings. The molecule has 0 radical (unpaired) electrons. The molecule has 6 nitrogen and oxygen atoms in total. The molecule has 2 rings (SSSR count). The molecule has 0 N–H and O–H groups in total. The van der Waals surface area contributed by atoms with E-state index in [1.54, 1.807) is 17.0 Å². The Balaban J connectivity index is 2.28. The normalized spacial score (nSPS) is 10.7. The third-order valence-corrected chi connectivity index (χ3v) is 3.55. The first kappa shape index (κ1) is 16.0. The molecule has 0 unspecified atom stereocenters. The number of non-ortho nitro benzene ring substituents is 1. The lowest BCUT2D eigenvalue weighted by atomic mass is 10.0. The molecule has 1 aromatic carbocycles. The zero-order valence-electron chi connectivity index (χ0n) is 13.2. The maximum atomic E-state index is 10.7. The van der Waals surface area contributed by atoms with E-state index >= 15 is 0 Å². The van der Waals surface area contributed by atoms with Gasteiger partial charge in [-0.3, -0.25) is 10.1 Å². The van der Waals surface area contributed by atoms with E-state index in [9.17, 15) is 10.1 Å². The second kappa shape index (κ2) is 7.06. The zero-order chi connectivity index (χ0) is 16.1. The van der Waals surface area contributed by atoms with Gasteiger partial charge in [-0.1, -0.05) is 25.5 Å². The second-order valence-electron chi connectivity index (χ2n) is 5.15. The number of benzene rings is 1. The number of hydrogen-bond acceptors (Lipinski definition) is 4. The zero-order valence-corrected chi connectivity index (χ0v) is 13.2. The Morgan fingerprint density at radius 1 is 1.27 bits per heavy atom. The SMILES string of the molecule is CCCc1nn(OCC)c(C)c1Cc1ccc([N+](=O)[O-])cc1. The molecular weight excluding hydrogens is 282 g/mol. The van der Waals surface area contributed by atoms with Crippen LogP contribution in [-0.2, 0) is 12.8 Å². The number of hydrogen-bond donors (Lipinski definition) is 0. The first-order valence-corrected chi connectivity index (χ1v) is 7.50. The van der Waals surface area contributed by atoms with Crippen LogP contribution in [0.2, 0.25) is 0 Å². The highest BCUT2D eigenvalue weighted by Crippen LogP contribution is 2.21. The van der Waals surface area contributed by atoms with Crippen LogP contribution in [0.1, 0.15) is 42.8 Å². The van der Waals surface area contributed by atoms with Gasteiger partial charge in [0.15, 0.2) is 0 Å². The maximum absolute atomic E-state index is 10.7. The molecule has 0 atom stereocenters. The summed E-state index contributed by atoms with van der Waals surface area (Å²) in [4.78, 5) is 17.4. The predicted octanol–water partition coefficient (Wildman–Crippen LogP) is 3.09. The minimum Gasteiger partial charge on any atom is -0.397 e. The Labute approximate surface area is 129 Å². The molecule has 0 aliphatic rings. The molecule has 0 saturated carbocycles. The highest BCUT2D eigenvalue weighted by Gasteiger charge is 2.16. The Bertz CT molecular complexity index is 647. The summed E-state index contributed by atoms with van der Waals surface area (Å²) in [6.07, 6.45) is 2.60. The topological polar surface area (TPSA) is 70.2 Å². The van der Waals surface area contributed by atoms with Crippen molar-refractivity contribution in [2.24, 2.45) is 0 Å². The average molecular weight is 303 g/mol. The fourth-order valence-corrected chi connectivity index (χ4v) is 2.42. The summed E-state index contributed by atoms with van der Waals surface area (Å²) < 4.78 is 0. The highest BCUT2D eigenvalue weighted by atomic mass is 16.7.